The van der Waals surface area contributed by atoms with Crippen LogP contribution in [0.4, 0.5) is 0 Å². The molecule has 0 aromatic heterocycles. The molecule has 0 aliphatic carbocycles. The van der Waals surface area contributed by atoms with Gasteiger partial charge in [0.25, 0.3) is 0 Å². The number of rotatable bonds is 6. The Kier molecular flexibility index (Phi) is 5.69. The highest BCUT2D eigenvalue weighted by Gasteiger charge is 2.51. The summed E-state index contributed by atoms with van der Waals surface area (Å²) in [5.41, 5.74) is 12.9. The smallest absolute Gasteiger partial charge is 0.248 e. The fraction of sp³-hybridized carbons (Fsp3) is 0.545. The highest BCUT2D eigenvalue weighted by Crippen LogP contribution is 2.38. The number of primary amides is 1. The molecule has 3 saturated heterocycles. The van der Waals surface area contributed by atoms with E-state index < -0.39 is 18.0 Å². The first-order chi connectivity index (χ1) is 14.8. The van der Waals surface area contributed by atoms with Crippen molar-refractivity contribution in [1.29, 1.82) is 5.26 Å². The van der Waals surface area contributed by atoms with E-state index in [4.69, 9.17) is 11.5 Å². The Hall–Kier alpha value is -2.96. The minimum absolute atomic E-state index is 0.0175. The molecule has 9 nitrogen and oxygen atoms in total. The van der Waals surface area contributed by atoms with E-state index in [1.54, 1.807) is 23.1 Å². The number of nitriles is 1. The molecule has 1 aromatic carbocycles. The molecule has 9 heteroatoms. The molecule has 3 fully saturated rings. The molecule has 1 aromatic rings. The van der Waals surface area contributed by atoms with Gasteiger partial charge in [-0.1, -0.05) is 12.1 Å². The summed E-state index contributed by atoms with van der Waals surface area (Å²) < 4.78 is 0. The van der Waals surface area contributed by atoms with E-state index in [1.165, 1.54) is 0 Å². The zero-order valence-corrected chi connectivity index (χ0v) is 17.6. The van der Waals surface area contributed by atoms with Crippen molar-refractivity contribution in [3.63, 3.8) is 0 Å². The lowest BCUT2D eigenvalue weighted by Gasteiger charge is -2.38. The van der Waals surface area contributed by atoms with Crippen LogP contribution >= 0.6 is 0 Å². The Labute approximate surface area is 181 Å². The van der Waals surface area contributed by atoms with E-state index in [0.717, 1.165) is 12.0 Å². The molecule has 4 N–H and O–H groups in total. The molecule has 3 heterocycles. The summed E-state index contributed by atoms with van der Waals surface area (Å²) in [5, 5.41) is 9.22. The quantitative estimate of drug-likeness (QED) is 0.658. The summed E-state index contributed by atoms with van der Waals surface area (Å²) in [7, 11) is 0. The van der Waals surface area contributed by atoms with Crippen LogP contribution in [-0.2, 0) is 9.59 Å². The number of carbonyl (C=O) groups is 3. The summed E-state index contributed by atoms with van der Waals surface area (Å²) in [6.45, 7) is 3.47. The maximum Gasteiger partial charge on any atom is 0.248 e. The first-order valence-electron chi connectivity index (χ1n) is 10.7. The molecule has 3 aliphatic rings. The van der Waals surface area contributed by atoms with Gasteiger partial charge in [0.2, 0.25) is 17.7 Å². The summed E-state index contributed by atoms with van der Waals surface area (Å²) in [6.07, 6.45) is 2.20. The number of hydrogen-bond donors (Lipinski definition) is 2. The van der Waals surface area contributed by atoms with Gasteiger partial charge in [0.1, 0.15) is 6.04 Å². The molecule has 3 amide bonds. The van der Waals surface area contributed by atoms with E-state index in [2.05, 4.69) is 6.07 Å². The maximum absolute atomic E-state index is 13.1. The Morgan fingerprint density at radius 2 is 2.13 bits per heavy atom. The van der Waals surface area contributed by atoms with Gasteiger partial charge in [0.15, 0.2) is 0 Å². The lowest BCUT2D eigenvalue weighted by atomic mass is 10.0. The number of fused-ring (bicyclic) bond motifs is 2. The van der Waals surface area contributed by atoms with Crippen LogP contribution in [0.25, 0.3) is 0 Å². The first kappa shape index (κ1) is 21.3. The Morgan fingerprint density at radius 3 is 2.81 bits per heavy atom. The molecule has 2 bridgehead atoms. The molecule has 0 radical (unpaired) electrons. The fourth-order valence-corrected chi connectivity index (χ4v) is 5.22. The average molecular weight is 425 g/mol. The van der Waals surface area contributed by atoms with Gasteiger partial charge in [-0.3, -0.25) is 19.3 Å². The SMILES string of the molecule is C[C@@H](c1cccc(C(N)=O)c1)N1C(=O)[C@@H]2C[C@H]1CN2C[C@H](N)C(=O)N1CCC[C@H]1C#N. The summed E-state index contributed by atoms with van der Waals surface area (Å²) in [5.74, 6) is -0.693. The van der Waals surface area contributed by atoms with Crippen LogP contribution in [0.3, 0.4) is 0 Å². The number of nitrogens with two attached hydrogens (primary N) is 2. The van der Waals surface area contributed by atoms with Crippen molar-refractivity contribution in [3.8, 4) is 6.07 Å². The Bertz CT molecular complexity index is 943. The van der Waals surface area contributed by atoms with Gasteiger partial charge in [-0.2, -0.15) is 5.26 Å². The van der Waals surface area contributed by atoms with Crippen molar-refractivity contribution in [1.82, 2.24) is 14.7 Å². The third kappa shape index (κ3) is 3.77. The fourth-order valence-electron chi connectivity index (χ4n) is 5.22. The van der Waals surface area contributed by atoms with Crippen LogP contribution in [0.2, 0.25) is 0 Å². The number of benzene rings is 1. The lowest BCUT2D eigenvalue weighted by Crippen LogP contribution is -2.56. The molecule has 5 atom stereocenters. The van der Waals surface area contributed by atoms with Gasteiger partial charge in [0, 0.05) is 31.2 Å². The van der Waals surface area contributed by atoms with Crippen molar-refractivity contribution in [2.24, 2.45) is 11.5 Å². The number of likely N-dealkylation sites (tertiary alicyclic amines) is 3. The molecule has 3 aliphatic heterocycles. The monoisotopic (exact) mass is 424 g/mol. The van der Waals surface area contributed by atoms with Crippen LogP contribution < -0.4 is 11.5 Å². The zero-order chi connectivity index (χ0) is 22.3. The summed E-state index contributed by atoms with van der Waals surface area (Å²) in [4.78, 5) is 42.8. The Morgan fingerprint density at radius 1 is 1.35 bits per heavy atom. The van der Waals surface area contributed by atoms with Crippen LogP contribution in [-0.4, -0.2) is 76.2 Å². The van der Waals surface area contributed by atoms with Crippen LogP contribution in [0.5, 0.6) is 0 Å². The van der Waals surface area contributed by atoms with E-state index in [1.807, 2.05) is 22.8 Å². The number of amides is 3. The van der Waals surface area contributed by atoms with E-state index in [-0.39, 0.29) is 29.9 Å². The molecular weight excluding hydrogens is 396 g/mol. The summed E-state index contributed by atoms with van der Waals surface area (Å²) >= 11 is 0. The van der Waals surface area contributed by atoms with Gasteiger partial charge in [-0.25, -0.2) is 0 Å². The predicted molar refractivity (Wildman–Crippen MR) is 112 cm³/mol. The second kappa shape index (κ2) is 8.29. The molecule has 4 rings (SSSR count). The van der Waals surface area contributed by atoms with E-state index in [0.29, 0.717) is 38.0 Å². The number of hydrogen-bond acceptors (Lipinski definition) is 6. The molecule has 31 heavy (non-hydrogen) atoms. The van der Waals surface area contributed by atoms with E-state index >= 15 is 0 Å². The molecule has 0 spiro atoms. The minimum atomic E-state index is -0.751. The Balaban J connectivity index is 1.41. The van der Waals surface area contributed by atoms with E-state index in [9.17, 15) is 19.6 Å². The number of piperazine rings is 1. The molecular formula is C22H28N6O3. The zero-order valence-electron chi connectivity index (χ0n) is 17.6. The first-order valence-corrected chi connectivity index (χ1v) is 10.7. The third-order valence-corrected chi connectivity index (χ3v) is 6.82. The van der Waals surface area contributed by atoms with Crippen LogP contribution in [0.1, 0.15) is 48.1 Å². The summed E-state index contributed by atoms with van der Waals surface area (Å²) in [6, 6.07) is 7.64. The molecule has 164 valence electrons. The van der Waals surface area contributed by atoms with Gasteiger partial charge in [0.05, 0.1) is 24.2 Å². The molecule has 0 saturated carbocycles. The maximum atomic E-state index is 13.1. The lowest BCUT2D eigenvalue weighted by molar-refractivity contribution is -0.140. The topological polar surface area (TPSA) is 137 Å². The largest absolute Gasteiger partial charge is 0.366 e. The van der Waals surface area contributed by atoms with Gasteiger partial charge in [-0.15, -0.1) is 0 Å². The van der Waals surface area contributed by atoms with Crippen molar-refractivity contribution in [3.05, 3.63) is 35.4 Å². The van der Waals surface area contributed by atoms with Crippen molar-refractivity contribution in [2.45, 2.75) is 56.4 Å². The number of carbonyl (C=O) groups excluding carboxylic acids is 3. The third-order valence-electron chi connectivity index (χ3n) is 6.82. The second-order valence-electron chi connectivity index (χ2n) is 8.70. The minimum Gasteiger partial charge on any atom is -0.366 e. The van der Waals surface area contributed by atoms with Gasteiger partial charge < -0.3 is 21.3 Å². The standard InChI is InChI=1S/C22H28N6O3/c1-13(14-4-2-5-15(8-14)20(25)29)28-17-9-19(22(28)31)26(11-17)12-18(24)21(30)27-7-3-6-16(27)10-23/h2,4-5,8,13,16-19H,3,6-7,9,11-12,24H2,1H3,(H2,25,29)/t13-,16-,17-,18-,19-/m0/s1. The van der Waals surface area contributed by atoms with Crippen molar-refractivity contribution >= 4 is 17.7 Å². The van der Waals surface area contributed by atoms with Gasteiger partial charge >= 0.3 is 0 Å². The normalized spacial score (nSPS) is 27.4. The van der Waals surface area contributed by atoms with Crippen molar-refractivity contribution < 1.29 is 14.4 Å². The highest BCUT2D eigenvalue weighted by molar-refractivity contribution is 5.93. The second-order valence-corrected chi connectivity index (χ2v) is 8.70. The molecule has 0 unspecified atom stereocenters. The average Bonchev–Trinajstić information content (AvgIpc) is 3.47. The number of nitrogens with zero attached hydrogens (tertiary/aromatic N) is 4. The van der Waals surface area contributed by atoms with Crippen molar-refractivity contribution in [2.75, 3.05) is 19.6 Å². The van der Waals surface area contributed by atoms with Crippen LogP contribution in [0.15, 0.2) is 24.3 Å². The van der Waals surface area contributed by atoms with Gasteiger partial charge in [-0.05, 0) is 43.9 Å². The van der Waals surface area contributed by atoms with Crippen LogP contribution in [0, 0.1) is 11.3 Å². The highest BCUT2D eigenvalue weighted by atomic mass is 16.2. The predicted octanol–water partition coefficient (Wildman–Crippen LogP) is -0.0265.